The van der Waals surface area contributed by atoms with Crippen molar-refractivity contribution in [2.75, 3.05) is 31.1 Å². The van der Waals surface area contributed by atoms with Crippen molar-refractivity contribution in [1.29, 1.82) is 0 Å². The first-order chi connectivity index (χ1) is 17.2. The maximum atomic E-state index is 13.2. The Morgan fingerprint density at radius 3 is 2.17 bits per heavy atom. The Labute approximate surface area is 208 Å². The highest BCUT2D eigenvalue weighted by Gasteiger charge is 2.15. The van der Waals surface area contributed by atoms with E-state index in [4.69, 9.17) is 0 Å². The second kappa shape index (κ2) is 12.7. The SMILES string of the molecule is O=C(Cc1ccc(N(Cc2ccccc2)C(=O)/C=C/c2ccccc2)cc1)NCCN1CCCC1. The van der Waals surface area contributed by atoms with Crippen LogP contribution in [0.25, 0.3) is 6.08 Å². The average molecular weight is 468 g/mol. The number of carbonyl (C=O) groups is 2. The predicted molar refractivity (Wildman–Crippen MR) is 142 cm³/mol. The van der Waals surface area contributed by atoms with Crippen LogP contribution in [0.1, 0.15) is 29.5 Å². The molecule has 0 atom stereocenters. The van der Waals surface area contributed by atoms with Crippen molar-refractivity contribution < 1.29 is 9.59 Å². The molecule has 2 amide bonds. The predicted octanol–water partition coefficient (Wildman–Crippen LogP) is 4.69. The number of nitrogens with zero attached hydrogens (tertiary/aromatic N) is 2. The summed E-state index contributed by atoms with van der Waals surface area (Å²) in [5.41, 5.74) is 3.76. The highest BCUT2D eigenvalue weighted by molar-refractivity contribution is 6.03. The number of likely N-dealkylation sites (tertiary alicyclic amines) is 1. The van der Waals surface area contributed by atoms with Gasteiger partial charge in [0.15, 0.2) is 0 Å². The first kappa shape index (κ1) is 24.4. The molecule has 0 saturated carbocycles. The Morgan fingerprint density at radius 1 is 0.829 bits per heavy atom. The van der Waals surface area contributed by atoms with Crippen LogP contribution in [-0.2, 0) is 22.6 Å². The Bertz CT molecular complexity index is 1110. The molecular formula is C30H33N3O2. The van der Waals surface area contributed by atoms with E-state index in [1.54, 1.807) is 11.0 Å². The van der Waals surface area contributed by atoms with E-state index in [0.717, 1.165) is 42.0 Å². The highest BCUT2D eigenvalue weighted by Crippen LogP contribution is 2.20. The van der Waals surface area contributed by atoms with Crippen molar-refractivity contribution in [3.63, 3.8) is 0 Å². The van der Waals surface area contributed by atoms with Crippen LogP contribution in [0, 0.1) is 0 Å². The molecule has 0 unspecified atom stereocenters. The molecule has 0 aromatic heterocycles. The van der Waals surface area contributed by atoms with Crippen LogP contribution in [0.15, 0.2) is 91.0 Å². The molecule has 3 aromatic rings. The van der Waals surface area contributed by atoms with Gasteiger partial charge in [-0.1, -0.05) is 72.8 Å². The smallest absolute Gasteiger partial charge is 0.251 e. The zero-order valence-electron chi connectivity index (χ0n) is 20.1. The van der Waals surface area contributed by atoms with Crippen LogP contribution in [0.4, 0.5) is 5.69 Å². The van der Waals surface area contributed by atoms with Crippen LogP contribution in [0.3, 0.4) is 0 Å². The third kappa shape index (κ3) is 7.66. The van der Waals surface area contributed by atoms with Gasteiger partial charge in [0.25, 0.3) is 5.91 Å². The second-order valence-corrected chi connectivity index (χ2v) is 8.90. The number of carbonyl (C=O) groups excluding carboxylic acids is 2. The Kier molecular flexibility index (Phi) is 8.85. The lowest BCUT2D eigenvalue weighted by molar-refractivity contribution is -0.120. The molecule has 5 nitrogen and oxygen atoms in total. The lowest BCUT2D eigenvalue weighted by Crippen LogP contribution is -2.34. The Hall–Kier alpha value is -3.70. The number of nitrogens with one attached hydrogen (secondary N) is 1. The van der Waals surface area contributed by atoms with Gasteiger partial charge < -0.3 is 15.1 Å². The molecule has 1 heterocycles. The van der Waals surface area contributed by atoms with Gasteiger partial charge in [-0.3, -0.25) is 9.59 Å². The fourth-order valence-corrected chi connectivity index (χ4v) is 4.29. The van der Waals surface area contributed by atoms with Gasteiger partial charge in [0.2, 0.25) is 5.91 Å². The van der Waals surface area contributed by atoms with E-state index in [0.29, 0.717) is 19.5 Å². The van der Waals surface area contributed by atoms with Crippen LogP contribution in [0.2, 0.25) is 0 Å². The van der Waals surface area contributed by atoms with Crippen molar-refractivity contribution in [2.24, 2.45) is 0 Å². The minimum Gasteiger partial charge on any atom is -0.355 e. The molecule has 3 aromatic carbocycles. The number of hydrogen-bond acceptors (Lipinski definition) is 3. The van der Waals surface area contributed by atoms with Crippen molar-refractivity contribution in [3.05, 3.63) is 108 Å². The molecular weight excluding hydrogens is 434 g/mol. The van der Waals surface area contributed by atoms with E-state index in [1.165, 1.54) is 12.8 Å². The summed E-state index contributed by atoms with van der Waals surface area (Å²) in [7, 11) is 0. The van der Waals surface area contributed by atoms with Crippen molar-refractivity contribution in [2.45, 2.75) is 25.8 Å². The fraction of sp³-hybridized carbons (Fsp3) is 0.267. The molecule has 180 valence electrons. The summed E-state index contributed by atoms with van der Waals surface area (Å²) in [6.07, 6.45) is 6.29. The quantitative estimate of drug-likeness (QED) is 0.440. The van der Waals surface area contributed by atoms with Crippen molar-refractivity contribution in [1.82, 2.24) is 10.2 Å². The van der Waals surface area contributed by atoms with Gasteiger partial charge >= 0.3 is 0 Å². The molecule has 1 aliphatic rings. The fourth-order valence-electron chi connectivity index (χ4n) is 4.29. The largest absolute Gasteiger partial charge is 0.355 e. The van der Waals surface area contributed by atoms with Crippen LogP contribution < -0.4 is 10.2 Å². The molecule has 5 heteroatoms. The minimum absolute atomic E-state index is 0.0277. The van der Waals surface area contributed by atoms with Crippen LogP contribution >= 0.6 is 0 Å². The monoisotopic (exact) mass is 467 g/mol. The van der Waals surface area contributed by atoms with Gasteiger partial charge in [0.05, 0.1) is 13.0 Å². The third-order valence-corrected chi connectivity index (χ3v) is 6.23. The van der Waals surface area contributed by atoms with Crippen LogP contribution in [-0.4, -0.2) is 42.9 Å². The second-order valence-electron chi connectivity index (χ2n) is 8.90. The molecule has 0 spiro atoms. The summed E-state index contributed by atoms with van der Waals surface area (Å²) in [4.78, 5) is 29.7. The van der Waals surface area contributed by atoms with Gasteiger partial charge in [-0.2, -0.15) is 0 Å². The summed E-state index contributed by atoms with van der Waals surface area (Å²) in [6.45, 7) is 4.34. The number of rotatable bonds is 10. The Balaban J connectivity index is 1.40. The van der Waals surface area contributed by atoms with Gasteiger partial charge in [-0.05, 0) is 60.8 Å². The number of amides is 2. The first-order valence-electron chi connectivity index (χ1n) is 12.3. The van der Waals surface area contributed by atoms with E-state index < -0.39 is 0 Å². The summed E-state index contributed by atoms with van der Waals surface area (Å²) in [5.74, 6) is -0.0647. The van der Waals surface area contributed by atoms with Gasteiger partial charge in [-0.15, -0.1) is 0 Å². The molecule has 4 rings (SSSR count). The topological polar surface area (TPSA) is 52.7 Å². The zero-order valence-corrected chi connectivity index (χ0v) is 20.1. The van der Waals surface area contributed by atoms with Crippen molar-refractivity contribution in [3.8, 4) is 0 Å². The Morgan fingerprint density at radius 2 is 1.49 bits per heavy atom. The molecule has 0 bridgehead atoms. The maximum absolute atomic E-state index is 13.2. The van der Waals surface area contributed by atoms with Gasteiger partial charge in [-0.25, -0.2) is 0 Å². The van der Waals surface area contributed by atoms with E-state index >= 15 is 0 Å². The molecule has 1 aliphatic heterocycles. The van der Waals surface area contributed by atoms with E-state index in [1.807, 2.05) is 91.0 Å². The lowest BCUT2D eigenvalue weighted by Gasteiger charge is -2.22. The van der Waals surface area contributed by atoms with E-state index in [9.17, 15) is 9.59 Å². The summed E-state index contributed by atoms with van der Waals surface area (Å²) in [6, 6.07) is 27.5. The molecule has 1 fully saturated rings. The lowest BCUT2D eigenvalue weighted by atomic mass is 10.1. The van der Waals surface area contributed by atoms with E-state index in [-0.39, 0.29) is 11.8 Å². The standard InChI is InChI=1S/C30H33N3O2/c34-29(31-19-22-32-20-7-8-21-32)23-26-13-16-28(17-14-26)33(24-27-11-5-2-6-12-27)30(35)18-15-25-9-3-1-4-10-25/h1-6,9-18H,7-8,19-24H2,(H,31,34)/b18-15+. The minimum atomic E-state index is -0.0925. The number of anilines is 1. The molecule has 0 aliphatic carbocycles. The first-order valence-corrected chi connectivity index (χ1v) is 12.3. The number of benzene rings is 3. The maximum Gasteiger partial charge on any atom is 0.251 e. The highest BCUT2D eigenvalue weighted by atomic mass is 16.2. The summed E-state index contributed by atoms with van der Waals surface area (Å²) in [5, 5.41) is 3.02. The third-order valence-electron chi connectivity index (χ3n) is 6.23. The van der Waals surface area contributed by atoms with Gasteiger partial charge in [0, 0.05) is 24.9 Å². The molecule has 35 heavy (non-hydrogen) atoms. The molecule has 1 N–H and O–H groups in total. The van der Waals surface area contributed by atoms with Crippen molar-refractivity contribution >= 4 is 23.6 Å². The number of hydrogen-bond donors (Lipinski definition) is 1. The van der Waals surface area contributed by atoms with E-state index in [2.05, 4.69) is 10.2 Å². The average Bonchev–Trinajstić information content (AvgIpc) is 3.41. The molecule has 1 saturated heterocycles. The summed E-state index contributed by atoms with van der Waals surface area (Å²) >= 11 is 0. The summed E-state index contributed by atoms with van der Waals surface area (Å²) < 4.78 is 0. The van der Waals surface area contributed by atoms with Crippen LogP contribution in [0.5, 0.6) is 0 Å². The molecule has 0 radical (unpaired) electrons. The zero-order chi connectivity index (χ0) is 24.3. The van der Waals surface area contributed by atoms with Gasteiger partial charge in [0.1, 0.15) is 0 Å². The normalized spacial score (nSPS) is 13.7.